The lowest BCUT2D eigenvalue weighted by Crippen LogP contribution is -2.65. The third kappa shape index (κ3) is 19.2. The molecule has 26 heteroatoms. The second kappa shape index (κ2) is 34.8. The number of nitrogens with zero attached hydrogens (tertiary/aromatic N) is 9. The molecular formula is C69H107ClN12O13. The van der Waals surface area contributed by atoms with Crippen molar-refractivity contribution in [1.82, 2.24) is 60.0 Å². The highest BCUT2D eigenvalue weighted by atomic mass is 35.5. The summed E-state index contributed by atoms with van der Waals surface area (Å²) in [4.78, 5) is 189. The summed E-state index contributed by atoms with van der Waals surface area (Å²) in [5, 5.41) is 9.30. The van der Waals surface area contributed by atoms with Crippen LogP contribution in [-0.4, -0.2) is 258 Å². The maximum atomic E-state index is 15.7. The first-order valence-corrected chi connectivity index (χ1v) is 35.2. The Morgan fingerprint density at radius 3 is 1.84 bits per heavy atom. The number of benzene rings is 1. The highest BCUT2D eigenvalue weighted by Crippen LogP contribution is 2.37. The summed E-state index contributed by atoms with van der Waals surface area (Å²) in [5.41, 5.74) is -1.49. The maximum absolute atomic E-state index is 15.7. The predicted molar refractivity (Wildman–Crippen MR) is 357 cm³/mol. The number of halogens is 1. The monoisotopic (exact) mass is 1350 g/mol. The number of likely N-dealkylation sites (tertiary alicyclic amines) is 1. The lowest BCUT2D eigenvalue weighted by atomic mass is 9.81. The van der Waals surface area contributed by atoms with Crippen LogP contribution in [0.15, 0.2) is 24.3 Å². The van der Waals surface area contributed by atoms with Crippen LogP contribution in [0.2, 0.25) is 5.02 Å². The molecule has 528 valence electrons. The van der Waals surface area contributed by atoms with Gasteiger partial charge in [-0.15, -0.1) is 0 Å². The van der Waals surface area contributed by atoms with Crippen LogP contribution in [0, 0.1) is 17.8 Å². The molecular weight excluding hydrogens is 1240 g/mol. The first-order valence-electron chi connectivity index (χ1n) is 34.9. The van der Waals surface area contributed by atoms with Gasteiger partial charge in [-0.25, -0.2) is 0 Å². The van der Waals surface area contributed by atoms with Gasteiger partial charge in [0.25, 0.3) is 0 Å². The molecule has 0 bridgehead atoms. The van der Waals surface area contributed by atoms with Crippen LogP contribution in [0.5, 0.6) is 5.75 Å². The van der Waals surface area contributed by atoms with Gasteiger partial charge in [-0.3, -0.25) is 57.5 Å². The predicted octanol–water partition coefficient (Wildman–Crippen LogP) is 4.21. The van der Waals surface area contributed by atoms with Crippen LogP contribution in [0.4, 0.5) is 0 Å². The molecule has 1 spiro atoms. The molecule has 3 aliphatic carbocycles. The Morgan fingerprint density at radius 1 is 0.611 bits per heavy atom. The van der Waals surface area contributed by atoms with Crippen LogP contribution < -0.4 is 20.7 Å². The van der Waals surface area contributed by atoms with Crippen molar-refractivity contribution in [3.05, 3.63) is 29.3 Å². The SMILES string of the molecule is CC[C@H](C)[C@@H]1NC(=O)[C@H](C)N(C)C(=O)C[C@@H](C(=O)N2CCCCC2)N(C)C(=O)[C@H](C2CCCCC2)N(C)C(=O)C2(CCCC2)NC(=O)[C@@H]2CCCN2C(=O)[C@H](CCOc2ccc(Cl)cc2)NC(=O)CN(C)C(=O)[C@H](CC2CCCCC2)N(C)C(=O)CN(C)C(=O)CN(C)C1=O. The quantitative estimate of drug-likeness (QED) is 0.297. The summed E-state index contributed by atoms with van der Waals surface area (Å²) in [6.45, 7) is 4.51. The number of rotatable bonds is 10. The summed E-state index contributed by atoms with van der Waals surface area (Å²) >= 11 is 6.16. The molecule has 3 N–H and O–H groups in total. The number of fused-ring (bicyclic) bond motifs is 1. The Kier molecular flexibility index (Phi) is 27.6. The zero-order valence-electron chi connectivity index (χ0n) is 58.0. The van der Waals surface area contributed by atoms with Crippen LogP contribution >= 0.6 is 11.6 Å². The molecule has 7 rings (SSSR count). The lowest BCUT2D eigenvalue weighted by Gasteiger charge is -2.43. The van der Waals surface area contributed by atoms with Crippen LogP contribution in [0.1, 0.15) is 168 Å². The van der Waals surface area contributed by atoms with E-state index >= 15 is 19.2 Å². The lowest BCUT2D eigenvalue weighted by molar-refractivity contribution is -0.157. The van der Waals surface area contributed by atoms with E-state index in [2.05, 4.69) is 16.0 Å². The van der Waals surface area contributed by atoms with Crippen LogP contribution in [0.3, 0.4) is 0 Å². The first kappa shape index (κ1) is 75.3. The number of likely N-dealkylation sites (N-methyl/N-ethyl adjacent to an activating group) is 7. The molecule has 95 heavy (non-hydrogen) atoms. The van der Waals surface area contributed by atoms with Gasteiger partial charge in [0.2, 0.25) is 70.9 Å². The number of carbonyl (C=O) groups excluding carboxylic acids is 12. The van der Waals surface area contributed by atoms with Gasteiger partial charge in [0.1, 0.15) is 53.6 Å². The van der Waals surface area contributed by atoms with Gasteiger partial charge in [0.05, 0.1) is 32.7 Å². The second-order valence-corrected chi connectivity index (χ2v) is 28.4. The maximum Gasteiger partial charge on any atom is 0.248 e. The number of nitrogens with one attached hydrogen (secondary N) is 3. The molecule has 0 radical (unpaired) electrons. The first-order chi connectivity index (χ1) is 45.2. The zero-order valence-corrected chi connectivity index (χ0v) is 58.8. The van der Waals surface area contributed by atoms with E-state index in [1.165, 1.54) is 78.6 Å². The molecule has 0 unspecified atom stereocenters. The molecule has 1 aromatic carbocycles. The van der Waals surface area contributed by atoms with Crippen LogP contribution in [-0.2, 0) is 57.5 Å². The van der Waals surface area contributed by atoms with Crippen LogP contribution in [0.25, 0.3) is 0 Å². The van der Waals surface area contributed by atoms with Gasteiger partial charge in [0, 0.05) is 80.4 Å². The fourth-order valence-corrected chi connectivity index (χ4v) is 14.9. The Morgan fingerprint density at radius 2 is 1.21 bits per heavy atom. The number of hydrogen-bond acceptors (Lipinski definition) is 13. The number of ether oxygens (including phenoxy) is 1. The Labute approximate surface area is 566 Å². The number of carbonyl (C=O) groups is 12. The van der Waals surface area contributed by atoms with E-state index in [1.54, 1.807) is 43.1 Å². The minimum atomic E-state index is -1.49. The Bertz CT molecular complexity index is 2890. The minimum Gasteiger partial charge on any atom is -0.494 e. The molecule has 12 amide bonds. The molecule has 3 saturated heterocycles. The van der Waals surface area contributed by atoms with E-state index in [4.69, 9.17) is 16.3 Å². The normalized spacial score (nSPS) is 27.4. The van der Waals surface area contributed by atoms with Crippen molar-refractivity contribution in [2.24, 2.45) is 17.8 Å². The summed E-state index contributed by atoms with van der Waals surface area (Å²) in [6.07, 6.45) is 13.0. The molecule has 8 atom stereocenters. The fraction of sp³-hybridized carbons (Fsp3) is 0.739. The molecule has 3 saturated carbocycles. The molecule has 6 fully saturated rings. The highest BCUT2D eigenvalue weighted by molar-refractivity contribution is 6.30. The van der Waals surface area contributed by atoms with Crippen molar-refractivity contribution in [3.8, 4) is 5.75 Å². The van der Waals surface area contributed by atoms with Gasteiger partial charge >= 0.3 is 0 Å². The largest absolute Gasteiger partial charge is 0.494 e. The summed E-state index contributed by atoms with van der Waals surface area (Å²) in [6, 6.07) is -1.60. The Hall–Kier alpha value is -7.05. The van der Waals surface area contributed by atoms with E-state index in [-0.39, 0.29) is 57.1 Å². The van der Waals surface area contributed by atoms with Crippen molar-refractivity contribution in [2.45, 2.75) is 216 Å². The Balaban J connectivity index is 1.25. The van der Waals surface area contributed by atoms with E-state index in [0.29, 0.717) is 62.4 Å². The fourth-order valence-electron chi connectivity index (χ4n) is 14.8. The molecule has 3 aliphatic heterocycles. The summed E-state index contributed by atoms with van der Waals surface area (Å²) in [5.74, 6) is -7.31. The topological polar surface area (TPSA) is 279 Å². The van der Waals surface area contributed by atoms with Crippen molar-refractivity contribution in [1.29, 1.82) is 0 Å². The third-order valence-electron chi connectivity index (χ3n) is 21.3. The number of hydrogen-bond donors (Lipinski definition) is 3. The van der Waals surface area contributed by atoms with E-state index in [0.717, 1.165) is 80.4 Å². The average Bonchev–Trinajstić information content (AvgIpc) is 1.77. The van der Waals surface area contributed by atoms with Crippen molar-refractivity contribution in [3.63, 3.8) is 0 Å². The average molecular weight is 1350 g/mol. The molecule has 3 heterocycles. The second-order valence-electron chi connectivity index (χ2n) is 27.9. The molecule has 0 aromatic heterocycles. The van der Waals surface area contributed by atoms with Crippen molar-refractivity contribution in [2.75, 3.05) is 95.2 Å². The summed E-state index contributed by atoms with van der Waals surface area (Å²) < 4.78 is 6.04. The molecule has 25 nitrogen and oxygen atoms in total. The minimum absolute atomic E-state index is 0.0604. The zero-order chi connectivity index (χ0) is 69.4. The van der Waals surface area contributed by atoms with Gasteiger partial charge in [-0.2, -0.15) is 0 Å². The van der Waals surface area contributed by atoms with E-state index in [1.807, 2.05) is 6.92 Å². The smallest absolute Gasteiger partial charge is 0.248 e. The van der Waals surface area contributed by atoms with Gasteiger partial charge < -0.3 is 64.8 Å². The molecule has 6 aliphatic rings. The highest BCUT2D eigenvalue weighted by Gasteiger charge is 2.51. The van der Waals surface area contributed by atoms with E-state index in [9.17, 15) is 38.4 Å². The van der Waals surface area contributed by atoms with Gasteiger partial charge in [-0.1, -0.05) is 96.1 Å². The van der Waals surface area contributed by atoms with Gasteiger partial charge in [-0.05, 0) is 113 Å². The summed E-state index contributed by atoms with van der Waals surface area (Å²) in [7, 11) is 10.2. The third-order valence-corrected chi connectivity index (χ3v) is 21.5. The standard InChI is InChI=1S/C69H107ClN12O13/c1-11-45(2)59-66(92)76(6)43-57(85)74(4)44-58(86)78(8)53(40-47-24-15-12-16-25-47)64(90)75(5)42-55(83)71-51(33-39-95-50-31-29-49(70)30-32-50)63(89)82-38-23-28-52(82)62(88)73-69(34-19-20-35-69)68(94)80(10)60(48-26-17-13-18-27-48)67(93)79(9)54(65(91)81-36-21-14-22-37-81)41-56(84)77(7)46(3)61(87)72-59/h29-32,45-48,51-54,59-60H,11-28,33-44H2,1-10H3,(H,71,83)(H,72,87)(H,73,88)/t45-,46-,51-,52-,53-,54-,59-,60-/m0/s1. The van der Waals surface area contributed by atoms with E-state index < -0.39 is 151 Å². The van der Waals surface area contributed by atoms with Gasteiger partial charge in [0.15, 0.2) is 0 Å². The molecule has 1 aromatic rings. The number of amides is 12. The van der Waals surface area contributed by atoms with Crippen molar-refractivity contribution >= 4 is 82.5 Å². The number of piperidine rings is 1. The van der Waals surface area contributed by atoms with Crippen molar-refractivity contribution < 1.29 is 62.3 Å².